The van der Waals surface area contributed by atoms with Gasteiger partial charge in [-0.3, -0.25) is 4.98 Å². The minimum Gasteiger partial charge on any atom is -0.444 e. The number of anilines is 1. The Morgan fingerprint density at radius 1 is 1.30 bits per heavy atom. The second-order valence-electron chi connectivity index (χ2n) is 8.09. The summed E-state index contributed by atoms with van der Waals surface area (Å²) in [5, 5.41) is 8.41. The Morgan fingerprint density at radius 2 is 1.96 bits per heavy atom. The number of ether oxygens (including phenoxy) is 1. The van der Waals surface area contributed by atoms with Gasteiger partial charge in [0.15, 0.2) is 0 Å². The fourth-order valence-electron chi connectivity index (χ4n) is 3.20. The van der Waals surface area contributed by atoms with E-state index in [0.717, 1.165) is 24.2 Å². The molecule has 146 valence electrons. The Labute approximate surface area is 160 Å². The lowest BCUT2D eigenvalue weighted by atomic mass is 10.0. The molecule has 0 bridgehead atoms. The van der Waals surface area contributed by atoms with Crippen molar-refractivity contribution < 1.29 is 9.53 Å². The van der Waals surface area contributed by atoms with Crippen LogP contribution in [0.3, 0.4) is 0 Å². The van der Waals surface area contributed by atoms with Gasteiger partial charge in [0, 0.05) is 55.8 Å². The summed E-state index contributed by atoms with van der Waals surface area (Å²) in [6.07, 6.45) is 5.06. The molecule has 2 heterocycles. The van der Waals surface area contributed by atoms with E-state index >= 15 is 0 Å². The Hall–Kier alpha value is -2.57. The number of piperazine rings is 1. The molecule has 3 N–H and O–H groups in total. The van der Waals surface area contributed by atoms with Gasteiger partial charge >= 0.3 is 6.09 Å². The van der Waals surface area contributed by atoms with Crippen molar-refractivity contribution in [3.63, 3.8) is 0 Å². The monoisotopic (exact) mass is 371 g/mol. The molecule has 1 aromatic rings. The second kappa shape index (κ2) is 7.58. The van der Waals surface area contributed by atoms with Crippen LogP contribution in [0, 0.1) is 11.3 Å². The summed E-state index contributed by atoms with van der Waals surface area (Å²) in [7, 11) is 0. The first kappa shape index (κ1) is 19.2. The van der Waals surface area contributed by atoms with E-state index in [0.29, 0.717) is 43.4 Å². The van der Waals surface area contributed by atoms with E-state index in [-0.39, 0.29) is 6.09 Å². The molecule has 0 spiro atoms. The highest BCUT2D eigenvalue weighted by Gasteiger charge is 2.32. The van der Waals surface area contributed by atoms with Crippen molar-refractivity contribution in [3.8, 4) is 0 Å². The van der Waals surface area contributed by atoms with Gasteiger partial charge in [0.25, 0.3) is 0 Å². The lowest BCUT2D eigenvalue weighted by molar-refractivity contribution is 0.0240. The zero-order valence-electron chi connectivity index (χ0n) is 16.4. The van der Waals surface area contributed by atoms with Gasteiger partial charge in [0.05, 0.1) is 11.4 Å². The largest absolute Gasteiger partial charge is 0.444 e. The first-order valence-corrected chi connectivity index (χ1v) is 9.49. The molecule has 1 aliphatic carbocycles. The van der Waals surface area contributed by atoms with Crippen LogP contribution in [0.15, 0.2) is 24.5 Å². The highest BCUT2D eigenvalue weighted by molar-refractivity contribution is 6.24. The highest BCUT2D eigenvalue weighted by Crippen LogP contribution is 2.37. The molecular weight excluding hydrogens is 342 g/mol. The molecule has 1 aromatic heterocycles. The van der Waals surface area contributed by atoms with Crippen molar-refractivity contribution in [3.05, 3.63) is 30.2 Å². The van der Waals surface area contributed by atoms with E-state index in [2.05, 4.69) is 9.88 Å². The van der Waals surface area contributed by atoms with E-state index in [9.17, 15) is 4.79 Å². The number of nitrogens with zero attached hydrogens (tertiary/aromatic N) is 3. The molecule has 0 radical (unpaired) electrons. The summed E-state index contributed by atoms with van der Waals surface area (Å²) in [4.78, 5) is 20.7. The smallest absolute Gasteiger partial charge is 0.410 e. The standard InChI is InChI=1S/C20H29N5O2/c1-20(2,3)27-19(26)25-11-9-24(10-12-25)16-5-4-8-23-18(16)15(13-21)17(22)14-6-7-14/h4-5,8,13-14,22H,6-7,9-12,21H2,1-3H3/b15-13+,22-17?. The molecule has 0 atom stereocenters. The van der Waals surface area contributed by atoms with Crippen molar-refractivity contribution in [2.45, 2.75) is 39.2 Å². The number of aromatic nitrogens is 1. The summed E-state index contributed by atoms with van der Waals surface area (Å²) in [6, 6.07) is 3.91. The molecule has 27 heavy (non-hydrogen) atoms. The summed E-state index contributed by atoms with van der Waals surface area (Å²) in [5.74, 6) is 0.304. The Morgan fingerprint density at radius 3 is 2.52 bits per heavy atom. The molecule has 7 nitrogen and oxygen atoms in total. The fraction of sp³-hybridized carbons (Fsp3) is 0.550. The SMILES string of the molecule is CC(C)(C)OC(=O)N1CCN(c2cccnc2/C(=C/N)C(=N)C2CC2)CC1. The summed E-state index contributed by atoms with van der Waals surface area (Å²) in [5.41, 5.74) is 8.37. The Balaban J connectivity index is 1.72. The van der Waals surface area contributed by atoms with Gasteiger partial charge < -0.3 is 25.7 Å². The average molecular weight is 371 g/mol. The predicted octanol–water partition coefficient (Wildman–Crippen LogP) is 2.87. The van der Waals surface area contributed by atoms with Crippen LogP contribution in [0.2, 0.25) is 0 Å². The lowest BCUT2D eigenvalue weighted by Crippen LogP contribution is -2.50. The number of carbonyl (C=O) groups is 1. The van der Waals surface area contributed by atoms with E-state index in [1.54, 1.807) is 11.1 Å². The molecule has 7 heteroatoms. The molecule has 1 saturated heterocycles. The van der Waals surface area contributed by atoms with Gasteiger partial charge in [0.1, 0.15) is 5.60 Å². The van der Waals surface area contributed by atoms with Crippen molar-refractivity contribution in [2.24, 2.45) is 11.7 Å². The first-order chi connectivity index (χ1) is 12.8. The predicted molar refractivity (Wildman–Crippen MR) is 107 cm³/mol. The normalized spacial score (nSPS) is 18.4. The van der Waals surface area contributed by atoms with Crippen molar-refractivity contribution >= 4 is 23.1 Å². The number of nitrogens with one attached hydrogen (secondary N) is 1. The van der Waals surface area contributed by atoms with Gasteiger partial charge in [-0.05, 0) is 45.7 Å². The number of carbonyl (C=O) groups excluding carboxylic acids is 1. The highest BCUT2D eigenvalue weighted by atomic mass is 16.6. The van der Waals surface area contributed by atoms with Gasteiger partial charge in [0.2, 0.25) is 0 Å². The van der Waals surface area contributed by atoms with Crippen LogP contribution in [0.1, 0.15) is 39.3 Å². The molecule has 3 rings (SSSR count). The van der Waals surface area contributed by atoms with Gasteiger partial charge in [-0.1, -0.05) is 0 Å². The first-order valence-electron chi connectivity index (χ1n) is 9.49. The number of allylic oxidation sites excluding steroid dienone is 1. The van der Waals surface area contributed by atoms with Crippen molar-refractivity contribution in [2.75, 3.05) is 31.1 Å². The third-order valence-corrected chi connectivity index (χ3v) is 4.76. The third-order valence-electron chi connectivity index (χ3n) is 4.76. The molecule has 0 unspecified atom stereocenters. The minimum absolute atomic E-state index is 0.272. The zero-order valence-corrected chi connectivity index (χ0v) is 16.4. The number of amides is 1. The Kier molecular flexibility index (Phi) is 5.39. The van der Waals surface area contributed by atoms with E-state index in [1.165, 1.54) is 6.20 Å². The summed E-state index contributed by atoms with van der Waals surface area (Å²) >= 11 is 0. The lowest BCUT2D eigenvalue weighted by Gasteiger charge is -2.37. The van der Waals surface area contributed by atoms with E-state index in [4.69, 9.17) is 15.9 Å². The molecule has 2 aliphatic rings. The second-order valence-corrected chi connectivity index (χ2v) is 8.09. The number of hydrogen-bond acceptors (Lipinski definition) is 6. The van der Waals surface area contributed by atoms with Crippen molar-refractivity contribution in [1.82, 2.24) is 9.88 Å². The molecule has 0 aromatic carbocycles. The van der Waals surface area contributed by atoms with Crippen LogP contribution in [-0.4, -0.2) is 53.5 Å². The zero-order chi connectivity index (χ0) is 19.6. The van der Waals surface area contributed by atoms with Gasteiger partial charge in [-0.15, -0.1) is 0 Å². The van der Waals surface area contributed by atoms with Crippen LogP contribution < -0.4 is 10.6 Å². The quantitative estimate of drug-likeness (QED) is 0.794. The third kappa shape index (κ3) is 4.59. The number of nitrogens with two attached hydrogens (primary N) is 1. The van der Waals surface area contributed by atoms with Crippen molar-refractivity contribution in [1.29, 1.82) is 5.41 Å². The van der Waals surface area contributed by atoms with Gasteiger partial charge in [-0.25, -0.2) is 4.79 Å². The summed E-state index contributed by atoms with van der Waals surface area (Å²) in [6.45, 7) is 8.17. The Bertz CT molecular complexity index is 741. The number of hydrogen-bond donors (Lipinski definition) is 2. The van der Waals surface area contributed by atoms with E-state index in [1.807, 2.05) is 32.9 Å². The van der Waals surface area contributed by atoms with Crippen LogP contribution in [0.4, 0.5) is 10.5 Å². The maximum absolute atomic E-state index is 12.3. The van der Waals surface area contributed by atoms with Crippen LogP contribution >= 0.6 is 0 Å². The van der Waals surface area contributed by atoms with Gasteiger partial charge in [-0.2, -0.15) is 0 Å². The molecule has 1 aliphatic heterocycles. The average Bonchev–Trinajstić information content (AvgIpc) is 3.46. The topological polar surface area (TPSA) is 95.5 Å². The maximum atomic E-state index is 12.3. The number of rotatable bonds is 4. The molecular formula is C20H29N5O2. The van der Waals surface area contributed by atoms with Crippen LogP contribution in [-0.2, 0) is 4.74 Å². The molecule has 1 saturated carbocycles. The summed E-state index contributed by atoms with van der Waals surface area (Å²) < 4.78 is 5.46. The fourth-order valence-corrected chi connectivity index (χ4v) is 3.20. The molecule has 1 amide bonds. The maximum Gasteiger partial charge on any atom is 0.410 e. The minimum atomic E-state index is -0.491. The van der Waals surface area contributed by atoms with E-state index < -0.39 is 5.60 Å². The van der Waals surface area contributed by atoms with Crippen LogP contribution in [0.5, 0.6) is 0 Å². The number of pyridine rings is 1. The van der Waals surface area contributed by atoms with Crippen LogP contribution in [0.25, 0.3) is 5.57 Å². The molecule has 2 fully saturated rings.